The van der Waals surface area contributed by atoms with Crippen LogP contribution in [0.3, 0.4) is 0 Å². The third-order valence-corrected chi connectivity index (χ3v) is 2.88. The molecule has 0 aliphatic rings. The lowest BCUT2D eigenvalue weighted by atomic mass is 10.3. The fourth-order valence-electron chi connectivity index (χ4n) is 1.17. The second-order valence-electron chi connectivity index (χ2n) is 4.36. The van der Waals surface area contributed by atoms with E-state index in [2.05, 4.69) is 32.0 Å². The Kier molecular flexibility index (Phi) is 3.74. The smallest absolute Gasteiger partial charge is 0.227 e. The van der Waals surface area contributed by atoms with Gasteiger partial charge in [0.05, 0.1) is 0 Å². The number of hydrogen-bond acceptors (Lipinski definition) is 3. The number of thioether (sulfide) groups is 1. The summed E-state index contributed by atoms with van der Waals surface area (Å²) in [5, 5.41) is 11.6. The van der Waals surface area contributed by atoms with Crippen molar-refractivity contribution in [1.82, 2.24) is 0 Å². The van der Waals surface area contributed by atoms with Gasteiger partial charge in [0.15, 0.2) is 6.20 Å². The molecule has 15 heavy (non-hydrogen) atoms. The van der Waals surface area contributed by atoms with Crippen LogP contribution in [0.15, 0.2) is 28.4 Å². The minimum atomic E-state index is 0.188. The Labute approximate surface area is 94.8 Å². The van der Waals surface area contributed by atoms with Crippen molar-refractivity contribution in [2.24, 2.45) is 12.2 Å². The molecule has 0 saturated heterocycles. The minimum absolute atomic E-state index is 0.188. The molecule has 1 heterocycles. The number of oxime groups is 1. The van der Waals surface area contributed by atoms with Gasteiger partial charge in [-0.2, -0.15) is 0 Å². The molecule has 0 fully saturated rings. The molecule has 1 aromatic rings. The molecule has 1 rings (SSSR count). The van der Waals surface area contributed by atoms with Gasteiger partial charge in [-0.05, 0) is 0 Å². The van der Waals surface area contributed by atoms with E-state index in [1.807, 2.05) is 23.9 Å². The van der Waals surface area contributed by atoms with Gasteiger partial charge in [-0.3, -0.25) is 0 Å². The predicted molar refractivity (Wildman–Crippen MR) is 62.6 cm³/mol. The zero-order valence-electron chi connectivity index (χ0n) is 9.56. The van der Waals surface area contributed by atoms with Gasteiger partial charge >= 0.3 is 0 Å². The first kappa shape index (κ1) is 12.0. The van der Waals surface area contributed by atoms with Gasteiger partial charge in [0, 0.05) is 21.8 Å². The van der Waals surface area contributed by atoms with E-state index in [0.717, 1.165) is 5.69 Å². The Hall–Kier alpha value is -1.03. The topological polar surface area (TPSA) is 36.5 Å². The van der Waals surface area contributed by atoms with Crippen LogP contribution in [-0.2, 0) is 7.05 Å². The van der Waals surface area contributed by atoms with E-state index in [-0.39, 0.29) is 4.75 Å². The van der Waals surface area contributed by atoms with Crippen molar-refractivity contribution in [3.8, 4) is 0 Å². The minimum Gasteiger partial charge on any atom is -0.411 e. The van der Waals surface area contributed by atoms with E-state index < -0.39 is 0 Å². The number of aromatic nitrogens is 1. The monoisotopic (exact) mass is 225 g/mol. The summed E-state index contributed by atoms with van der Waals surface area (Å²) in [5.41, 5.74) is 0.881. The summed E-state index contributed by atoms with van der Waals surface area (Å²) in [6.45, 7) is 6.51. The van der Waals surface area contributed by atoms with Gasteiger partial charge in [-0.25, -0.2) is 4.57 Å². The molecule has 82 valence electrons. The summed E-state index contributed by atoms with van der Waals surface area (Å²) in [4.78, 5) is 1.18. The zero-order chi connectivity index (χ0) is 11.5. The number of aryl methyl sites for hydroxylation is 1. The van der Waals surface area contributed by atoms with Crippen LogP contribution in [0.5, 0.6) is 0 Å². The number of hydrogen-bond donors (Lipinski definition) is 1. The van der Waals surface area contributed by atoms with E-state index >= 15 is 0 Å². The Morgan fingerprint density at radius 1 is 1.47 bits per heavy atom. The first-order chi connectivity index (χ1) is 6.92. The lowest BCUT2D eigenvalue weighted by Gasteiger charge is -2.16. The molecule has 3 nitrogen and oxygen atoms in total. The highest BCUT2D eigenvalue weighted by atomic mass is 32.2. The summed E-state index contributed by atoms with van der Waals surface area (Å²) in [7, 11) is 1.92. The standard InChI is InChI=1S/C11H16N2OS/c1-11(2,3)15-10-5-6-13(4)9(7-10)8-12-14/h5-8H,1-4H3/p+1. The zero-order valence-corrected chi connectivity index (χ0v) is 10.4. The fourth-order valence-corrected chi connectivity index (χ4v) is 2.19. The van der Waals surface area contributed by atoms with Gasteiger partial charge in [-0.1, -0.05) is 25.9 Å². The summed E-state index contributed by atoms with van der Waals surface area (Å²) in [5.74, 6) is 0. The maximum atomic E-state index is 8.52. The van der Waals surface area contributed by atoms with Crippen molar-refractivity contribution in [2.75, 3.05) is 0 Å². The molecule has 0 saturated carbocycles. The molecule has 0 aliphatic carbocycles. The highest BCUT2D eigenvalue weighted by Gasteiger charge is 2.14. The molecule has 1 N–H and O–H groups in total. The van der Waals surface area contributed by atoms with Crippen molar-refractivity contribution < 1.29 is 9.77 Å². The summed E-state index contributed by atoms with van der Waals surface area (Å²) >= 11 is 1.79. The summed E-state index contributed by atoms with van der Waals surface area (Å²) < 4.78 is 2.10. The van der Waals surface area contributed by atoms with Gasteiger partial charge in [0.25, 0.3) is 0 Å². The normalized spacial score (nSPS) is 12.3. The molecule has 0 unspecified atom stereocenters. The lowest BCUT2D eigenvalue weighted by molar-refractivity contribution is -0.672. The second kappa shape index (κ2) is 4.66. The van der Waals surface area contributed by atoms with Crippen LogP contribution in [0.25, 0.3) is 0 Å². The van der Waals surface area contributed by atoms with Crippen LogP contribution in [0, 0.1) is 0 Å². The van der Waals surface area contributed by atoms with Crippen LogP contribution < -0.4 is 4.57 Å². The van der Waals surface area contributed by atoms with Gasteiger partial charge in [0.1, 0.15) is 13.3 Å². The molecular weight excluding hydrogens is 208 g/mol. The number of rotatable bonds is 2. The van der Waals surface area contributed by atoms with Gasteiger partial charge in [-0.15, -0.1) is 11.8 Å². The maximum Gasteiger partial charge on any atom is 0.227 e. The molecule has 0 bridgehead atoms. The SMILES string of the molecule is C[n+]1ccc(SC(C)(C)C)cc1/C=N/O. The van der Waals surface area contributed by atoms with Crippen molar-refractivity contribution in [2.45, 2.75) is 30.4 Å². The first-order valence-corrected chi connectivity index (χ1v) is 5.60. The Morgan fingerprint density at radius 2 is 2.13 bits per heavy atom. The number of pyridine rings is 1. The van der Waals surface area contributed by atoms with Crippen LogP contribution in [0.4, 0.5) is 0 Å². The average molecular weight is 225 g/mol. The molecule has 0 amide bonds. The third kappa shape index (κ3) is 3.91. The van der Waals surface area contributed by atoms with Crippen LogP contribution in [0.2, 0.25) is 0 Å². The second-order valence-corrected chi connectivity index (χ2v) is 6.26. The highest BCUT2D eigenvalue weighted by molar-refractivity contribution is 8.00. The molecule has 0 radical (unpaired) electrons. The molecule has 4 heteroatoms. The maximum absolute atomic E-state index is 8.52. The molecule has 0 aliphatic heterocycles. The van der Waals surface area contributed by atoms with Crippen molar-refractivity contribution in [3.63, 3.8) is 0 Å². The summed E-state index contributed by atoms with van der Waals surface area (Å²) in [6.07, 6.45) is 3.40. The highest BCUT2D eigenvalue weighted by Crippen LogP contribution is 2.31. The average Bonchev–Trinajstić information content (AvgIpc) is 2.09. The molecule has 1 aromatic heterocycles. The van der Waals surface area contributed by atoms with E-state index in [9.17, 15) is 0 Å². The van der Waals surface area contributed by atoms with E-state index in [1.165, 1.54) is 11.1 Å². The van der Waals surface area contributed by atoms with Crippen LogP contribution in [0.1, 0.15) is 26.5 Å². The van der Waals surface area contributed by atoms with Crippen LogP contribution >= 0.6 is 11.8 Å². The van der Waals surface area contributed by atoms with Crippen LogP contribution in [-0.4, -0.2) is 16.2 Å². The Bertz CT molecular complexity index is 369. The van der Waals surface area contributed by atoms with Gasteiger partial charge in [0.2, 0.25) is 5.69 Å². The molecule has 0 spiro atoms. The molecule has 0 aromatic carbocycles. The van der Waals surface area contributed by atoms with Crippen molar-refractivity contribution >= 4 is 18.0 Å². The Morgan fingerprint density at radius 3 is 2.67 bits per heavy atom. The van der Waals surface area contributed by atoms with Crippen molar-refractivity contribution in [3.05, 3.63) is 24.0 Å². The van der Waals surface area contributed by atoms with Gasteiger partial charge < -0.3 is 5.21 Å². The van der Waals surface area contributed by atoms with E-state index in [0.29, 0.717) is 0 Å². The van der Waals surface area contributed by atoms with Crippen molar-refractivity contribution in [1.29, 1.82) is 0 Å². The van der Waals surface area contributed by atoms with E-state index in [1.54, 1.807) is 11.8 Å². The Balaban J connectivity index is 2.97. The molecular formula is C11H17N2OS+. The number of nitrogens with zero attached hydrogens (tertiary/aromatic N) is 2. The fraction of sp³-hybridized carbons (Fsp3) is 0.455. The summed E-state index contributed by atoms with van der Waals surface area (Å²) in [6, 6.07) is 4.07. The third-order valence-electron chi connectivity index (χ3n) is 1.77. The quantitative estimate of drug-likeness (QED) is 0.275. The lowest BCUT2D eigenvalue weighted by Crippen LogP contribution is -2.32. The van der Waals surface area contributed by atoms with E-state index in [4.69, 9.17) is 5.21 Å². The molecule has 0 atom stereocenters. The predicted octanol–water partition coefficient (Wildman–Crippen LogP) is 2.21. The first-order valence-electron chi connectivity index (χ1n) is 4.78. The largest absolute Gasteiger partial charge is 0.411 e.